The first-order chi connectivity index (χ1) is 8.29. The molecule has 0 aromatic heterocycles. The highest BCUT2D eigenvalue weighted by Gasteiger charge is 2.48. The fraction of sp³-hybridized carbons (Fsp3) is 0.182. The molecule has 0 unspecified atom stereocenters. The van der Waals surface area contributed by atoms with Crippen molar-refractivity contribution in [2.24, 2.45) is 0 Å². The van der Waals surface area contributed by atoms with E-state index in [-0.39, 0.29) is 11.3 Å². The summed E-state index contributed by atoms with van der Waals surface area (Å²) in [5, 5.41) is 8.73. The molecule has 7 heteroatoms. The van der Waals surface area contributed by atoms with Gasteiger partial charge < -0.3 is 9.84 Å². The maximum absolute atomic E-state index is 12.9. The number of hydrogen-bond acceptors (Lipinski definition) is 2. The molecule has 0 bridgehead atoms. The van der Waals surface area contributed by atoms with Gasteiger partial charge in [-0.15, -0.1) is 0 Å². The van der Waals surface area contributed by atoms with Crippen LogP contribution in [-0.4, -0.2) is 23.4 Å². The summed E-state index contributed by atoms with van der Waals surface area (Å²) in [6.45, 7) is 0. The highest BCUT2D eigenvalue weighted by atomic mass is 19.4. The molecule has 0 aliphatic carbocycles. The molecule has 96 valence electrons. The largest absolute Gasteiger partial charge is 0.478 e. The van der Waals surface area contributed by atoms with Gasteiger partial charge in [0.05, 0.1) is 5.57 Å². The topological polar surface area (TPSA) is 46.5 Å². The number of fused-ring (bicyclic) bond motifs is 1. The Hall–Kier alpha value is -2.05. The second-order valence-electron chi connectivity index (χ2n) is 3.63. The molecule has 0 saturated carbocycles. The molecule has 0 radical (unpaired) electrons. The summed E-state index contributed by atoms with van der Waals surface area (Å²) in [6, 6.07) is 2.94. The number of halogens is 4. The van der Waals surface area contributed by atoms with Gasteiger partial charge in [-0.3, -0.25) is 0 Å². The Morgan fingerprint density at radius 3 is 2.56 bits per heavy atom. The quantitative estimate of drug-likeness (QED) is 0.791. The molecule has 0 spiro atoms. The van der Waals surface area contributed by atoms with E-state index in [9.17, 15) is 22.4 Å². The lowest BCUT2D eigenvalue weighted by Gasteiger charge is -2.26. The SMILES string of the molecule is O=C(O)C1=Cc2ccc(F)cc2O[C@H]1C(F)(F)F. The average molecular weight is 262 g/mol. The Morgan fingerprint density at radius 1 is 1.33 bits per heavy atom. The predicted octanol–water partition coefficient (Wildman–Crippen LogP) is 2.62. The molecule has 2 rings (SSSR count). The number of aliphatic carboxylic acids is 1. The number of carbonyl (C=O) groups is 1. The van der Waals surface area contributed by atoms with Crippen molar-refractivity contribution in [2.45, 2.75) is 12.3 Å². The zero-order chi connectivity index (χ0) is 13.5. The molecule has 0 fully saturated rings. The standard InChI is InChI=1S/C11H6F4O3/c12-6-2-1-5-3-7(10(16)17)9(11(13,14)15)18-8(5)4-6/h1-4,9H,(H,16,17)/t9-/m1/s1. The first-order valence-electron chi connectivity index (χ1n) is 4.77. The van der Waals surface area contributed by atoms with Crippen molar-refractivity contribution in [3.05, 3.63) is 35.2 Å². The predicted molar refractivity (Wildman–Crippen MR) is 52.5 cm³/mol. The highest BCUT2D eigenvalue weighted by Crippen LogP contribution is 2.37. The first kappa shape index (κ1) is 12.4. The molecular weight excluding hydrogens is 256 g/mol. The lowest BCUT2D eigenvalue weighted by molar-refractivity contribution is -0.187. The highest BCUT2D eigenvalue weighted by molar-refractivity contribution is 5.94. The van der Waals surface area contributed by atoms with E-state index < -0.39 is 29.6 Å². The molecule has 1 aromatic rings. The second kappa shape index (κ2) is 4.01. The first-order valence-corrected chi connectivity index (χ1v) is 4.77. The zero-order valence-corrected chi connectivity index (χ0v) is 8.66. The Morgan fingerprint density at radius 2 is 2.00 bits per heavy atom. The number of carboxylic acids is 1. The van der Waals surface area contributed by atoms with E-state index in [2.05, 4.69) is 4.74 Å². The summed E-state index contributed by atoms with van der Waals surface area (Å²) in [6.07, 6.45) is -6.64. The molecule has 1 heterocycles. The third-order valence-corrected chi connectivity index (χ3v) is 2.36. The molecule has 18 heavy (non-hydrogen) atoms. The van der Waals surface area contributed by atoms with Gasteiger partial charge in [-0.2, -0.15) is 13.2 Å². The van der Waals surface area contributed by atoms with Crippen molar-refractivity contribution in [3.8, 4) is 5.75 Å². The Bertz CT molecular complexity index is 534. The van der Waals surface area contributed by atoms with E-state index in [1.54, 1.807) is 0 Å². The van der Waals surface area contributed by atoms with Crippen molar-refractivity contribution >= 4 is 12.0 Å². The molecule has 3 nitrogen and oxygen atoms in total. The van der Waals surface area contributed by atoms with Gasteiger partial charge in [-0.25, -0.2) is 9.18 Å². The van der Waals surface area contributed by atoms with Crippen LogP contribution in [0.3, 0.4) is 0 Å². The lowest BCUT2D eigenvalue weighted by Crippen LogP contribution is -2.40. The van der Waals surface area contributed by atoms with Crippen LogP contribution in [0.4, 0.5) is 17.6 Å². The third-order valence-electron chi connectivity index (χ3n) is 2.36. The van der Waals surface area contributed by atoms with E-state index >= 15 is 0 Å². The van der Waals surface area contributed by atoms with Crippen molar-refractivity contribution < 1.29 is 32.2 Å². The van der Waals surface area contributed by atoms with Gasteiger partial charge in [0.15, 0.2) is 0 Å². The van der Waals surface area contributed by atoms with Gasteiger partial charge in [-0.1, -0.05) is 0 Å². The molecule has 1 atom stereocenters. The monoisotopic (exact) mass is 262 g/mol. The number of rotatable bonds is 1. The van der Waals surface area contributed by atoms with Gasteiger partial charge in [0.1, 0.15) is 11.6 Å². The Kier molecular flexibility index (Phi) is 2.76. The Labute approximate surface area is 98.3 Å². The van der Waals surface area contributed by atoms with Crippen LogP contribution in [-0.2, 0) is 4.79 Å². The molecular formula is C11H6F4O3. The van der Waals surface area contributed by atoms with Crippen LogP contribution in [0.15, 0.2) is 23.8 Å². The Balaban J connectivity index is 2.53. The average Bonchev–Trinajstić information content (AvgIpc) is 2.25. The number of ether oxygens (including phenoxy) is 1. The summed E-state index contributed by atoms with van der Waals surface area (Å²) in [5.74, 6) is -2.82. The molecule has 1 aromatic carbocycles. The smallest absolute Gasteiger partial charge is 0.430 e. The van der Waals surface area contributed by atoms with Gasteiger partial charge in [0.2, 0.25) is 6.10 Å². The van der Waals surface area contributed by atoms with Crippen LogP contribution in [0.25, 0.3) is 6.08 Å². The lowest BCUT2D eigenvalue weighted by atomic mass is 10.0. The molecule has 0 saturated heterocycles. The van der Waals surface area contributed by atoms with E-state index in [1.807, 2.05) is 0 Å². The normalized spacial score (nSPS) is 18.7. The van der Waals surface area contributed by atoms with Crippen LogP contribution < -0.4 is 4.74 Å². The summed E-state index contributed by atoms with van der Waals surface area (Å²) >= 11 is 0. The minimum atomic E-state index is -4.88. The minimum Gasteiger partial charge on any atom is -0.478 e. The number of carboxylic acid groups (broad SMARTS) is 1. The summed E-state index contributed by atoms with van der Waals surface area (Å²) in [5.41, 5.74) is -0.837. The molecule has 1 aliphatic rings. The van der Waals surface area contributed by atoms with E-state index in [1.165, 1.54) is 0 Å². The number of alkyl halides is 3. The number of hydrogen-bond donors (Lipinski definition) is 1. The molecule has 1 aliphatic heterocycles. The third kappa shape index (κ3) is 2.15. The zero-order valence-electron chi connectivity index (χ0n) is 8.66. The van der Waals surface area contributed by atoms with Crippen LogP contribution in [0.5, 0.6) is 5.75 Å². The summed E-state index contributed by atoms with van der Waals surface area (Å²) in [4.78, 5) is 10.8. The van der Waals surface area contributed by atoms with Crippen molar-refractivity contribution in [3.63, 3.8) is 0 Å². The van der Waals surface area contributed by atoms with E-state index in [4.69, 9.17) is 5.11 Å². The maximum Gasteiger partial charge on any atom is 0.430 e. The fourth-order valence-corrected chi connectivity index (χ4v) is 1.58. The van der Waals surface area contributed by atoms with Crippen LogP contribution in [0.2, 0.25) is 0 Å². The van der Waals surface area contributed by atoms with Crippen LogP contribution in [0.1, 0.15) is 5.56 Å². The van der Waals surface area contributed by atoms with Crippen LogP contribution >= 0.6 is 0 Å². The van der Waals surface area contributed by atoms with Gasteiger partial charge >= 0.3 is 12.1 Å². The molecule has 0 amide bonds. The van der Waals surface area contributed by atoms with Crippen molar-refractivity contribution in [2.75, 3.05) is 0 Å². The maximum atomic E-state index is 12.9. The van der Waals surface area contributed by atoms with Crippen molar-refractivity contribution in [1.82, 2.24) is 0 Å². The van der Waals surface area contributed by atoms with Crippen molar-refractivity contribution in [1.29, 1.82) is 0 Å². The second-order valence-corrected chi connectivity index (χ2v) is 3.63. The number of benzene rings is 1. The fourth-order valence-electron chi connectivity index (χ4n) is 1.58. The molecule has 1 N–H and O–H groups in total. The van der Waals surface area contributed by atoms with E-state index in [0.717, 1.165) is 24.3 Å². The van der Waals surface area contributed by atoms with Crippen LogP contribution in [0, 0.1) is 5.82 Å². The summed E-state index contributed by atoms with van der Waals surface area (Å²) in [7, 11) is 0. The summed E-state index contributed by atoms with van der Waals surface area (Å²) < 4.78 is 55.3. The van der Waals surface area contributed by atoms with Gasteiger partial charge in [0, 0.05) is 11.6 Å². The van der Waals surface area contributed by atoms with E-state index in [0.29, 0.717) is 0 Å². The minimum absolute atomic E-state index is 0.0919. The van der Waals surface area contributed by atoms with Gasteiger partial charge in [0.25, 0.3) is 0 Å². The van der Waals surface area contributed by atoms with Gasteiger partial charge in [-0.05, 0) is 18.2 Å².